The van der Waals surface area contributed by atoms with Crippen molar-refractivity contribution in [2.24, 2.45) is 0 Å². The van der Waals surface area contributed by atoms with Gasteiger partial charge < -0.3 is 14.5 Å². The minimum Gasteiger partial charge on any atom is -0.464 e. The number of anilines is 1. The zero-order chi connectivity index (χ0) is 27.1. The van der Waals surface area contributed by atoms with Gasteiger partial charge >= 0.3 is 5.97 Å². The lowest BCUT2D eigenvalue weighted by atomic mass is 10.00. The molecule has 2 heterocycles. The second kappa shape index (κ2) is 9.66. The van der Waals surface area contributed by atoms with Crippen LogP contribution in [0.2, 0.25) is 0 Å². The summed E-state index contributed by atoms with van der Waals surface area (Å²) in [5.74, 6) is -1.37. The molecule has 11 heteroatoms. The molecule has 0 atom stereocenters. The highest BCUT2D eigenvalue weighted by molar-refractivity contribution is 7.92. The fraction of sp³-hybridized carbons (Fsp3) is 0.192. The van der Waals surface area contributed by atoms with Gasteiger partial charge in [-0.1, -0.05) is 6.07 Å². The van der Waals surface area contributed by atoms with E-state index in [-0.39, 0.29) is 34.0 Å². The molecule has 2 aromatic heterocycles. The number of rotatable bonds is 6. The first-order chi connectivity index (χ1) is 17.5. The smallest absolute Gasteiger partial charge is 0.356 e. The maximum Gasteiger partial charge on any atom is 0.356 e. The van der Waals surface area contributed by atoms with Gasteiger partial charge in [0.05, 0.1) is 30.3 Å². The molecule has 2 aromatic carbocycles. The van der Waals surface area contributed by atoms with Crippen LogP contribution >= 0.6 is 0 Å². The first-order valence-corrected chi connectivity index (χ1v) is 12.9. The number of carbonyl (C=O) groups is 2. The van der Waals surface area contributed by atoms with Gasteiger partial charge in [0.1, 0.15) is 17.2 Å². The zero-order valence-electron chi connectivity index (χ0n) is 20.7. The lowest BCUT2D eigenvalue weighted by molar-refractivity contribution is 0.0593. The molecule has 0 unspecified atom stereocenters. The number of aromatic nitrogens is 1. The highest BCUT2D eigenvalue weighted by Gasteiger charge is 2.26. The van der Waals surface area contributed by atoms with Gasteiger partial charge in [-0.2, -0.15) is 0 Å². The van der Waals surface area contributed by atoms with Crippen molar-refractivity contribution in [3.05, 3.63) is 71.2 Å². The number of fused-ring (bicyclic) bond motifs is 1. The molecule has 0 bridgehead atoms. The van der Waals surface area contributed by atoms with Crippen molar-refractivity contribution >= 4 is 38.6 Å². The maximum atomic E-state index is 13.6. The van der Waals surface area contributed by atoms with Gasteiger partial charge in [0.2, 0.25) is 10.0 Å². The van der Waals surface area contributed by atoms with E-state index in [2.05, 4.69) is 10.3 Å². The predicted molar refractivity (Wildman–Crippen MR) is 138 cm³/mol. The van der Waals surface area contributed by atoms with Crippen molar-refractivity contribution in [1.29, 1.82) is 0 Å². The lowest BCUT2D eigenvalue weighted by Gasteiger charge is -2.20. The molecule has 0 radical (unpaired) electrons. The van der Waals surface area contributed by atoms with E-state index in [1.54, 1.807) is 25.1 Å². The van der Waals surface area contributed by atoms with Crippen LogP contribution in [-0.4, -0.2) is 52.7 Å². The Bertz CT molecular complexity index is 1650. The number of nitrogens with zero attached hydrogens (tertiary/aromatic N) is 2. The van der Waals surface area contributed by atoms with E-state index in [9.17, 15) is 22.4 Å². The number of sulfonamides is 1. The van der Waals surface area contributed by atoms with Crippen LogP contribution in [0.3, 0.4) is 0 Å². The van der Waals surface area contributed by atoms with Gasteiger partial charge in [-0.25, -0.2) is 22.6 Å². The summed E-state index contributed by atoms with van der Waals surface area (Å²) in [7, 11) is 0.354. The molecule has 0 aliphatic heterocycles. The summed E-state index contributed by atoms with van der Waals surface area (Å²) in [4.78, 5) is 29.7. The van der Waals surface area contributed by atoms with E-state index >= 15 is 0 Å². The maximum absolute atomic E-state index is 13.6. The number of hydrogen-bond donors (Lipinski definition) is 1. The summed E-state index contributed by atoms with van der Waals surface area (Å²) in [6.07, 6.45) is 1.05. The number of halogens is 1. The molecular weight excluding hydrogens is 501 g/mol. The highest BCUT2D eigenvalue weighted by atomic mass is 32.2. The van der Waals surface area contributed by atoms with Gasteiger partial charge in [0.25, 0.3) is 5.91 Å². The summed E-state index contributed by atoms with van der Waals surface area (Å²) < 4.78 is 50.5. The monoisotopic (exact) mass is 525 g/mol. The Hall–Kier alpha value is -4.25. The van der Waals surface area contributed by atoms with Crippen molar-refractivity contribution in [2.45, 2.75) is 6.92 Å². The number of nitrogens with one attached hydrogen (secondary N) is 1. The third-order valence-electron chi connectivity index (χ3n) is 5.96. The number of carbonyl (C=O) groups excluding carboxylic acids is 2. The van der Waals surface area contributed by atoms with Crippen LogP contribution < -0.4 is 9.62 Å². The topological polar surface area (TPSA) is 119 Å². The number of furan rings is 1. The summed E-state index contributed by atoms with van der Waals surface area (Å²) in [5, 5.41) is 2.96. The number of amides is 1. The van der Waals surface area contributed by atoms with Gasteiger partial charge in [-0.05, 0) is 48.9 Å². The Kier molecular flexibility index (Phi) is 6.74. The van der Waals surface area contributed by atoms with Crippen LogP contribution in [-0.2, 0) is 14.8 Å². The summed E-state index contributed by atoms with van der Waals surface area (Å²) in [6.45, 7) is 1.70. The second-order valence-electron chi connectivity index (χ2n) is 8.34. The number of esters is 1. The van der Waals surface area contributed by atoms with E-state index in [0.29, 0.717) is 22.1 Å². The van der Waals surface area contributed by atoms with Crippen LogP contribution in [0.5, 0.6) is 0 Å². The number of aryl methyl sites for hydroxylation is 1. The van der Waals surface area contributed by atoms with Crippen LogP contribution in [0, 0.1) is 12.7 Å². The molecule has 0 saturated carbocycles. The quantitative estimate of drug-likeness (QED) is 0.376. The third kappa shape index (κ3) is 4.77. The van der Waals surface area contributed by atoms with Crippen LogP contribution in [0.15, 0.2) is 52.9 Å². The Balaban J connectivity index is 2.09. The number of ether oxygens (including phenoxy) is 1. The molecule has 1 amide bonds. The van der Waals surface area contributed by atoms with E-state index in [1.807, 2.05) is 0 Å². The number of methoxy groups -OCH3 is 1. The molecule has 4 aromatic rings. The average Bonchev–Trinajstić information content (AvgIpc) is 3.25. The van der Waals surface area contributed by atoms with Crippen molar-refractivity contribution in [2.75, 3.05) is 31.8 Å². The molecular formula is C26H24FN3O6S. The number of pyridine rings is 1. The molecule has 0 saturated heterocycles. The van der Waals surface area contributed by atoms with Gasteiger partial charge in [0.15, 0.2) is 5.69 Å². The zero-order valence-corrected chi connectivity index (χ0v) is 21.6. The van der Waals surface area contributed by atoms with Crippen LogP contribution in [0.25, 0.3) is 33.6 Å². The van der Waals surface area contributed by atoms with Gasteiger partial charge in [0, 0.05) is 36.7 Å². The predicted octanol–water partition coefficient (Wildman–Crippen LogP) is 4.15. The van der Waals surface area contributed by atoms with Crippen LogP contribution in [0.1, 0.15) is 26.4 Å². The van der Waals surface area contributed by atoms with E-state index in [0.717, 1.165) is 10.6 Å². The molecule has 0 fully saturated rings. The largest absolute Gasteiger partial charge is 0.464 e. The van der Waals surface area contributed by atoms with Crippen LogP contribution in [0.4, 0.5) is 10.1 Å². The Morgan fingerprint density at radius 3 is 2.38 bits per heavy atom. The first kappa shape index (κ1) is 25.8. The van der Waals surface area contributed by atoms with Gasteiger partial charge in [-0.15, -0.1) is 0 Å². The normalized spacial score (nSPS) is 11.4. The SMILES string of the molecule is CNC(=O)c1c(-c2ccc(F)cc2)oc2cc(N(C)S(C)(=O)=O)c(-c3ccc(C)c(C(=O)OC)n3)cc12. The Morgan fingerprint density at radius 1 is 1.11 bits per heavy atom. The molecule has 9 nitrogen and oxygen atoms in total. The Labute approximate surface area is 212 Å². The number of hydrogen-bond acceptors (Lipinski definition) is 7. The third-order valence-corrected chi connectivity index (χ3v) is 7.15. The van der Waals surface area contributed by atoms with Crippen molar-refractivity contribution in [3.8, 4) is 22.6 Å². The average molecular weight is 526 g/mol. The molecule has 0 spiro atoms. The molecule has 0 aliphatic rings. The summed E-state index contributed by atoms with van der Waals surface area (Å²) >= 11 is 0. The molecule has 1 N–H and O–H groups in total. The fourth-order valence-corrected chi connectivity index (χ4v) is 4.42. The van der Waals surface area contributed by atoms with Crippen molar-refractivity contribution in [1.82, 2.24) is 10.3 Å². The second-order valence-corrected chi connectivity index (χ2v) is 10.4. The molecule has 37 heavy (non-hydrogen) atoms. The van der Waals surface area contributed by atoms with E-state index in [4.69, 9.17) is 9.15 Å². The van der Waals surface area contributed by atoms with Crippen molar-refractivity contribution in [3.63, 3.8) is 0 Å². The van der Waals surface area contributed by atoms with E-state index in [1.165, 1.54) is 51.5 Å². The lowest BCUT2D eigenvalue weighted by Crippen LogP contribution is -2.25. The number of benzene rings is 2. The highest BCUT2D eigenvalue weighted by Crippen LogP contribution is 2.41. The first-order valence-electron chi connectivity index (χ1n) is 11.0. The summed E-state index contributed by atoms with van der Waals surface area (Å²) in [6, 6.07) is 11.8. The molecule has 0 aliphatic carbocycles. The minimum atomic E-state index is -3.72. The Morgan fingerprint density at radius 2 is 1.78 bits per heavy atom. The van der Waals surface area contributed by atoms with E-state index < -0.39 is 27.7 Å². The molecule has 4 rings (SSSR count). The van der Waals surface area contributed by atoms with Crippen molar-refractivity contribution < 1.29 is 31.6 Å². The minimum absolute atomic E-state index is 0.0683. The summed E-state index contributed by atoms with van der Waals surface area (Å²) in [5.41, 5.74) is 2.34. The fourth-order valence-electron chi connectivity index (χ4n) is 3.91. The van der Waals surface area contributed by atoms with Gasteiger partial charge in [-0.3, -0.25) is 9.10 Å². The standard InChI is InChI=1S/C26H24FN3O6S/c1-14-6-11-19(29-23(14)26(32)35-4)17-12-18-21(13-20(17)30(3)37(5,33)34)36-24(22(18)25(31)28-2)15-7-9-16(27)10-8-15/h6-13H,1-5H3,(H,28,31). The molecule has 192 valence electrons.